The third kappa shape index (κ3) is 4.23. The second-order valence-corrected chi connectivity index (χ2v) is 4.47. The second-order valence-electron chi connectivity index (χ2n) is 4.47. The predicted octanol–water partition coefficient (Wildman–Crippen LogP) is 1.86. The number of nitrogens with one attached hydrogen (secondary N) is 1. The van der Waals surface area contributed by atoms with Crippen LogP contribution >= 0.6 is 0 Å². The third-order valence-corrected chi connectivity index (χ3v) is 2.58. The Balaban J connectivity index is 2.80. The minimum absolute atomic E-state index is 0.0233. The second kappa shape index (κ2) is 6.83. The molecule has 0 fully saturated rings. The van der Waals surface area contributed by atoms with Gasteiger partial charge < -0.3 is 10.4 Å². The summed E-state index contributed by atoms with van der Waals surface area (Å²) in [6.07, 6.45) is 0. The quantitative estimate of drug-likeness (QED) is 0.799. The van der Waals surface area contributed by atoms with Gasteiger partial charge in [0, 0.05) is 11.5 Å². The summed E-state index contributed by atoms with van der Waals surface area (Å²) in [5, 5.41) is 11.6. The monoisotopic (exact) mass is 245 g/mol. The third-order valence-electron chi connectivity index (χ3n) is 2.58. The number of carbonyl (C=O) groups excluding carboxylic acids is 1. The molecule has 0 saturated heterocycles. The molecule has 1 aromatic rings. The summed E-state index contributed by atoms with van der Waals surface area (Å²) in [7, 11) is 0. The molecule has 96 valence electrons. The van der Waals surface area contributed by atoms with Crippen molar-refractivity contribution in [2.75, 3.05) is 6.61 Å². The van der Waals surface area contributed by atoms with Crippen molar-refractivity contribution in [3.63, 3.8) is 0 Å². The number of aliphatic hydroxyl groups excluding tert-OH is 1. The van der Waals surface area contributed by atoms with Crippen LogP contribution in [0.1, 0.15) is 37.9 Å². The van der Waals surface area contributed by atoms with Crippen molar-refractivity contribution in [1.82, 2.24) is 5.32 Å². The Labute approximate surface area is 108 Å². The molecule has 1 rings (SSSR count). The van der Waals surface area contributed by atoms with Gasteiger partial charge in [-0.3, -0.25) is 4.79 Å². The van der Waals surface area contributed by atoms with E-state index in [0.717, 1.165) is 11.1 Å². The minimum Gasteiger partial charge on any atom is -0.384 e. The number of carbonyl (C=O) groups is 1. The fourth-order valence-electron chi connectivity index (χ4n) is 1.49. The molecule has 3 heteroatoms. The summed E-state index contributed by atoms with van der Waals surface area (Å²) in [4.78, 5) is 11.6. The highest BCUT2D eigenvalue weighted by Crippen LogP contribution is 2.14. The molecule has 0 aliphatic rings. The highest BCUT2D eigenvalue weighted by atomic mass is 16.2. The molecule has 3 nitrogen and oxygen atoms in total. The van der Waals surface area contributed by atoms with Gasteiger partial charge in [-0.15, -0.1) is 0 Å². The Bertz CT molecular complexity index is 469. The first-order chi connectivity index (χ1) is 8.54. The van der Waals surface area contributed by atoms with E-state index in [4.69, 9.17) is 5.11 Å². The average molecular weight is 245 g/mol. The molecule has 0 bridgehead atoms. The van der Waals surface area contributed by atoms with Crippen molar-refractivity contribution >= 4 is 5.91 Å². The van der Waals surface area contributed by atoms with E-state index in [-0.39, 0.29) is 24.5 Å². The first-order valence-corrected chi connectivity index (χ1v) is 6.04. The SMILES string of the molecule is CC(C)C(=O)NC(C)c1cccc(C#CCO)c1. The molecule has 0 spiro atoms. The summed E-state index contributed by atoms with van der Waals surface area (Å²) in [5.74, 6) is 5.47. The van der Waals surface area contributed by atoms with Gasteiger partial charge >= 0.3 is 0 Å². The van der Waals surface area contributed by atoms with E-state index < -0.39 is 0 Å². The summed E-state index contributed by atoms with van der Waals surface area (Å²) in [6, 6.07) is 7.61. The van der Waals surface area contributed by atoms with Crippen molar-refractivity contribution in [2.45, 2.75) is 26.8 Å². The smallest absolute Gasteiger partial charge is 0.223 e. The molecule has 0 aromatic heterocycles. The largest absolute Gasteiger partial charge is 0.384 e. The maximum atomic E-state index is 11.6. The van der Waals surface area contributed by atoms with Gasteiger partial charge in [0.05, 0.1) is 6.04 Å². The van der Waals surface area contributed by atoms with Crippen LogP contribution in [0.4, 0.5) is 0 Å². The van der Waals surface area contributed by atoms with Crippen molar-refractivity contribution in [1.29, 1.82) is 0 Å². The Kier molecular flexibility index (Phi) is 5.41. The van der Waals surface area contributed by atoms with Gasteiger partial charge in [0.2, 0.25) is 5.91 Å². The molecule has 1 aromatic carbocycles. The molecule has 0 heterocycles. The van der Waals surface area contributed by atoms with Gasteiger partial charge in [-0.05, 0) is 24.6 Å². The lowest BCUT2D eigenvalue weighted by atomic mass is 10.0. The zero-order valence-corrected chi connectivity index (χ0v) is 11.0. The number of hydrogen-bond donors (Lipinski definition) is 2. The van der Waals surface area contributed by atoms with E-state index in [1.165, 1.54) is 0 Å². The van der Waals surface area contributed by atoms with Crippen molar-refractivity contribution in [3.05, 3.63) is 35.4 Å². The standard InChI is InChI=1S/C15H19NO2/c1-11(2)15(18)16-12(3)14-8-4-6-13(10-14)7-5-9-17/h4,6,8,10-12,17H,9H2,1-3H3,(H,16,18). The van der Waals surface area contributed by atoms with Crippen LogP contribution in [0.5, 0.6) is 0 Å². The summed E-state index contributed by atoms with van der Waals surface area (Å²) >= 11 is 0. The van der Waals surface area contributed by atoms with Gasteiger partial charge in [0.15, 0.2) is 0 Å². The number of rotatable bonds is 3. The van der Waals surface area contributed by atoms with Crippen LogP contribution < -0.4 is 5.32 Å². The van der Waals surface area contributed by atoms with Crippen molar-refractivity contribution in [2.24, 2.45) is 5.92 Å². The zero-order chi connectivity index (χ0) is 13.5. The number of amides is 1. The topological polar surface area (TPSA) is 49.3 Å². The van der Waals surface area contributed by atoms with Crippen LogP contribution in [0, 0.1) is 17.8 Å². The van der Waals surface area contributed by atoms with Crippen LogP contribution in [0.25, 0.3) is 0 Å². The Morgan fingerprint density at radius 3 is 2.72 bits per heavy atom. The lowest BCUT2D eigenvalue weighted by Crippen LogP contribution is -2.30. The molecule has 0 aliphatic carbocycles. The van der Waals surface area contributed by atoms with Crippen LogP contribution in [0.15, 0.2) is 24.3 Å². The molecule has 18 heavy (non-hydrogen) atoms. The lowest BCUT2D eigenvalue weighted by Gasteiger charge is -2.16. The molecular weight excluding hydrogens is 226 g/mol. The predicted molar refractivity (Wildman–Crippen MR) is 71.8 cm³/mol. The van der Waals surface area contributed by atoms with E-state index in [2.05, 4.69) is 17.2 Å². The van der Waals surface area contributed by atoms with E-state index in [9.17, 15) is 4.79 Å². The van der Waals surface area contributed by atoms with Crippen molar-refractivity contribution in [3.8, 4) is 11.8 Å². The molecule has 1 unspecified atom stereocenters. The van der Waals surface area contributed by atoms with Gasteiger partial charge in [-0.25, -0.2) is 0 Å². The molecule has 1 atom stereocenters. The molecular formula is C15H19NO2. The molecule has 2 N–H and O–H groups in total. The van der Waals surface area contributed by atoms with Crippen LogP contribution in [0.3, 0.4) is 0 Å². The van der Waals surface area contributed by atoms with E-state index in [1.54, 1.807) is 0 Å². The molecule has 0 radical (unpaired) electrons. The number of hydrogen-bond acceptors (Lipinski definition) is 2. The average Bonchev–Trinajstić information content (AvgIpc) is 2.36. The van der Waals surface area contributed by atoms with E-state index in [0.29, 0.717) is 0 Å². The maximum absolute atomic E-state index is 11.6. The fourth-order valence-corrected chi connectivity index (χ4v) is 1.49. The van der Waals surface area contributed by atoms with Crippen LogP contribution in [-0.4, -0.2) is 17.6 Å². The van der Waals surface area contributed by atoms with Gasteiger partial charge in [-0.1, -0.05) is 37.8 Å². The Morgan fingerprint density at radius 2 is 2.11 bits per heavy atom. The molecule has 0 aliphatic heterocycles. The van der Waals surface area contributed by atoms with Crippen LogP contribution in [0.2, 0.25) is 0 Å². The van der Waals surface area contributed by atoms with E-state index in [1.807, 2.05) is 45.0 Å². The van der Waals surface area contributed by atoms with Gasteiger partial charge in [0.25, 0.3) is 0 Å². The zero-order valence-electron chi connectivity index (χ0n) is 11.0. The first kappa shape index (κ1) is 14.3. The summed E-state index contributed by atoms with van der Waals surface area (Å²) < 4.78 is 0. The van der Waals surface area contributed by atoms with Crippen LogP contribution in [-0.2, 0) is 4.79 Å². The number of benzene rings is 1. The molecule has 0 saturated carbocycles. The minimum atomic E-state index is -0.149. The first-order valence-electron chi connectivity index (χ1n) is 6.04. The highest BCUT2D eigenvalue weighted by Gasteiger charge is 2.12. The number of aliphatic hydroxyl groups is 1. The van der Waals surface area contributed by atoms with Gasteiger partial charge in [0.1, 0.15) is 6.61 Å². The summed E-state index contributed by atoms with van der Waals surface area (Å²) in [6.45, 7) is 5.53. The lowest BCUT2D eigenvalue weighted by molar-refractivity contribution is -0.124. The van der Waals surface area contributed by atoms with Crippen molar-refractivity contribution < 1.29 is 9.90 Å². The molecule has 1 amide bonds. The summed E-state index contributed by atoms with van der Waals surface area (Å²) in [5.41, 5.74) is 1.85. The van der Waals surface area contributed by atoms with E-state index >= 15 is 0 Å². The van der Waals surface area contributed by atoms with Gasteiger partial charge in [-0.2, -0.15) is 0 Å². The Morgan fingerprint density at radius 1 is 1.39 bits per heavy atom. The maximum Gasteiger partial charge on any atom is 0.223 e. The highest BCUT2D eigenvalue weighted by molar-refractivity contribution is 5.78. The fraction of sp³-hybridized carbons (Fsp3) is 0.400. The Hall–Kier alpha value is -1.79. The normalized spacial score (nSPS) is 11.6.